The van der Waals surface area contributed by atoms with Gasteiger partial charge in [-0.1, -0.05) is 0 Å². The molecule has 1 atom stereocenters. The number of aryl methyl sites for hydroxylation is 2. The smallest absolute Gasteiger partial charge is 0.191 e. The van der Waals surface area contributed by atoms with Crippen molar-refractivity contribution in [2.45, 2.75) is 46.1 Å². The number of thiazole rings is 1. The lowest BCUT2D eigenvalue weighted by molar-refractivity contribution is 0.219. The number of nitrogens with zero attached hydrogens (tertiary/aromatic N) is 3. The zero-order chi connectivity index (χ0) is 19.1. The lowest BCUT2D eigenvalue weighted by atomic mass is 10.2. The van der Waals surface area contributed by atoms with Crippen molar-refractivity contribution in [3.63, 3.8) is 0 Å². The molecule has 1 aliphatic rings. The van der Waals surface area contributed by atoms with E-state index in [1.807, 2.05) is 19.9 Å². The zero-order valence-electron chi connectivity index (χ0n) is 16.6. The molecule has 0 amide bonds. The molecule has 0 spiro atoms. The van der Waals surface area contributed by atoms with Crippen LogP contribution < -0.4 is 10.6 Å². The summed E-state index contributed by atoms with van der Waals surface area (Å²) in [6.45, 7) is 10.7. The molecular weight excluding hydrogens is 358 g/mol. The van der Waals surface area contributed by atoms with E-state index in [-0.39, 0.29) is 6.04 Å². The molecule has 3 heterocycles. The second-order valence-corrected chi connectivity index (χ2v) is 8.02. The highest BCUT2D eigenvalue weighted by atomic mass is 32.1. The third kappa shape index (κ3) is 5.81. The summed E-state index contributed by atoms with van der Waals surface area (Å²) < 4.78 is 5.93. The fourth-order valence-electron chi connectivity index (χ4n) is 3.42. The van der Waals surface area contributed by atoms with Crippen molar-refractivity contribution >= 4 is 17.3 Å². The lowest BCUT2D eigenvalue weighted by Gasteiger charge is -2.24. The number of hydrogen-bond acceptors (Lipinski definition) is 5. The van der Waals surface area contributed by atoms with Crippen molar-refractivity contribution in [3.8, 4) is 0 Å². The first-order valence-corrected chi connectivity index (χ1v) is 10.8. The van der Waals surface area contributed by atoms with E-state index in [9.17, 15) is 0 Å². The van der Waals surface area contributed by atoms with Gasteiger partial charge >= 0.3 is 0 Å². The Morgan fingerprint density at radius 1 is 1.30 bits per heavy atom. The molecule has 2 N–H and O–H groups in total. The van der Waals surface area contributed by atoms with Crippen LogP contribution in [0.2, 0.25) is 0 Å². The predicted molar refractivity (Wildman–Crippen MR) is 112 cm³/mol. The van der Waals surface area contributed by atoms with Gasteiger partial charge in [-0.2, -0.15) is 0 Å². The molecule has 2 aromatic rings. The molecule has 0 aromatic carbocycles. The largest absolute Gasteiger partial charge is 0.465 e. The first-order chi connectivity index (χ1) is 13.2. The summed E-state index contributed by atoms with van der Waals surface area (Å²) in [5, 5.41) is 10.0. The summed E-state index contributed by atoms with van der Waals surface area (Å²) in [7, 11) is 0. The summed E-state index contributed by atoms with van der Waals surface area (Å²) in [6, 6.07) is 4.35. The third-order valence-electron chi connectivity index (χ3n) is 4.78. The topological polar surface area (TPSA) is 65.7 Å². The fraction of sp³-hybridized carbons (Fsp3) is 0.600. The number of likely N-dealkylation sites (tertiary alicyclic amines) is 1. The van der Waals surface area contributed by atoms with Gasteiger partial charge in [0.1, 0.15) is 11.5 Å². The van der Waals surface area contributed by atoms with Gasteiger partial charge in [0.25, 0.3) is 0 Å². The SMILES string of the molecule is CCNC(=NCC(c1ccc(C)o1)N1CCCC1)NCCc1csc(C)n1. The van der Waals surface area contributed by atoms with E-state index in [4.69, 9.17) is 9.41 Å². The van der Waals surface area contributed by atoms with Gasteiger partial charge in [-0.15, -0.1) is 11.3 Å². The first-order valence-electron chi connectivity index (χ1n) is 9.89. The molecule has 148 valence electrons. The van der Waals surface area contributed by atoms with Crippen molar-refractivity contribution in [2.24, 2.45) is 4.99 Å². The average molecular weight is 390 g/mol. The molecule has 0 saturated carbocycles. The van der Waals surface area contributed by atoms with Crippen molar-refractivity contribution < 1.29 is 4.42 Å². The second-order valence-electron chi connectivity index (χ2n) is 6.96. The minimum atomic E-state index is 0.206. The van der Waals surface area contributed by atoms with Crippen molar-refractivity contribution in [1.29, 1.82) is 0 Å². The number of rotatable bonds is 8. The maximum Gasteiger partial charge on any atom is 0.191 e. The van der Waals surface area contributed by atoms with Crippen LogP contribution in [0.25, 0.3) is 0 Å². The van der Waals surface area contributed by atoms with Crippen LogP contribution in [0.5, 0.6) is 0 Å². The summed E-state index contributed by atoms with van der Waals surface area (Å²) >= 11 is 1.70. The Labute approximate surface area is 166 Å². The Kier molecular flexibility index (Phi) is 7.29. The molecule has 0 bridgehead atoms. The second kappa shape index (κ2) is 9.90. The van der Waals surface area contributed by atoms with Crippen molar-refractivity contribution in [1.82, 2.24) is 20.5 Å². The molecular formula is C20H31N5OS. The number of aliphatic imine (C=N–C) groups is 1. The van der Waals surface area contributed by atoms with E-state index in [2.05, 4.69) is 38.9 Å². The van der Waals surface area contributed by atoms with Crippen LogP contribution in [0.1, 0.15) is 48.0 Å². The quantitative estimate of drug-likeness (QED) is 0.536. The minimum absolute atomic E-state index is 0.206. The maximum atomic E-state index is 5.93. The lowest BCUT2D eigenvalue weighted by Crippen LogP contribution is -2.39. The summed E-state index contributed by atoms with van der Waals surface area (Å²) in [4.78, 5) is 11.9. The van der Waals surface area contributed by atoms with Crippen molar-refractivity contribution in [2.75, 3.05) is 32.7 Å². The van der Waals surface area contributed by atoms with E-state index in [1.165, 1.54) is 12.8 Å². The molecule has 0 aliphatic carbocycles. The molecule has 7 heteroatoms. The van der Waals surface area contributed by atoms with Crippen LogP contribution in [-0.4, -0.2) is 48.6 Å². The Bertz CT molecular complexity index is 732. The number of hydrogen-bond donors (Lipinski definition) is 2. The number of aromatic nitrogens is 1. The van der Waals surface area contributed by atoms with Gasteiger partial charge < -0.3 is 15.1 Å². The van der Waals surface area contributed by atoms with Crippen LogP contribution in [0.15, 0.2) is 26.9 Å². The number of furan rings is 1. The zero-order valence-corrected chi connectivity index (χ0v) is 17.4. The third-order valence-corrected chi connectivity index (χ3v) is 5.60. The van der Waals surface area contributed by atoms with Crippen LogP contribution in [0, 0.1) is 13.8 Å². The van der Waals surface area contributed by atoms with Crippen LogP contribution >= 0.6 is 11.3 Å². The van der Waals surface area contributed by atoms with E-state index < -0.39 is 0 Å². The highest BCUT2D eigenvalue weighted by molar-refractivity contribution is 7.09. The van der Waals surface area contributed by atoms with E-state index in [0.29, 0.717) is 6.54 Å². The molecule has 3 rings (SSSR count). The highest BCUT2D eigenvalue weighted by Gasteiger charge is 2.25. The molecule has 27 heavy (non-hydrogen) atoms. The van der Waals surface area contributed by atoms with Gasteiger partial charge in [-0.05, 0) is 58.8 Å². The Morgan fingerprint density at radius 2 is 2.11 bits per heavy atom. The number of guanidine groups is 1. The molecule has 2 aromatic heterocycles. The van der Waals surface area contributed by atoms with Crippen LogP contribution in [0.3, 0.4) is 0 Å². The highest BCUT2D eigenvalue weighted by Crippen LogP contribution is 2.26. The molecule has 1 saturated heterocycles. The minimum Gasteiger partial charge on any atom is -0.465 e. The van der Waals surface area contributed by atoms with E-state index in [0.717, 1.165) is 60.8 Å². The summed E-state index contributed by atoms with van der Waals surface area (Å²) in [6.07, 6.45) is 3.41. The van der Waals surface area contributed by atoms with Gasteiger partial charge in [0.15, 0.2) is 5.96 Å². The van der Waals surface area contributed by atoms with Gasteiger partial charge in [0.05, 0.1) is 23.3 Å². The van der Waals surface area contributed by atoms with Gasteiger partial charge in [-0.3, -0.25) is 9.89 Å². The maximum absolute atomic E-state index is 5.93. The summed E-state index contributed by atoms with van der Waals surface area (Å²) in [5.41, 5.74) is 1.14. The van der Waals surface area contributed by atoms with Gasteiger partial charge in [0.2, 0.25) is 0 Å². The van der Waals surface area contributed by atoms with E-state index in [1.54, 1.807) is 11.3 Å². The van der Waals surface area contributed by atoms with Gasteiger partial charge in [-0.25, -0.2) is 4.98 Å². The average Bonchev–Trinajstić information content (AvgIpc) is 3.39. The Hall–Kier alpha value is -1.86. The monoisotopic (exact) mass is 389 g/mol. The summed E-state index contributed by atoms with van der Waals surface area (Å²) in [5.74, 6) is 2.84. The normalized spacial score (nSPS) is 16.6. The molecule has 1 aliphatic heterocycles. The molecule has 1 fully saturated rings. The molecule has 6 nitrogen and oxygen atoms in total. The Balaban J connectivity index is 1.61. The van der Waals surface area contributed by atoms with Gasteiger partial charge in [0, 0.05) is 24.9 Å². The predicted octanol–water partition coefficient (Wildman–Crippen LogP) is 3.29. The number of nitrogens with one attached hydrogen (secondary N) is 2. The van der Waals surface area contributed by atoms with Crippen LogP contribution in [-0.2, 0) is 6.42 Å². The van der Waals surface area contributed by atoms with Crippen molar-refractivity contribution in [3.05, 3.63) is 39.7 Å². The molecule has 1 unspecified atom stereocenters. The first kappa shape index (κ1) is 19.9. The van der Waals surface area contributed by atoms with Crippen LogP contribution in [0.4, 0.5) is 0 Å². The standard InChI is InChI=1S/C20H31N5OS/c1-4-21-20(22-10-9-17-14-27-16(3)24-17)23-13-18(25-11-5-6-12-25)19-8-7-15(2)26-19/h7-8,14,18H,4-6,9-13H2,1-3H3,(H2,21,22,23). The Morgan fingerprint density at radius 3 is 2.74 bits per heavy atom. The molecule has 0 radical (unpaired) electrons. The fourth-order valence-corrected chi connectivity index (χ4v) is 4.07. The van der Waals surface area contributed by atoms with E-state index >= 15 is 0 Å².